The lowest BCUT2D eigenvalue weighted by molar-refractivity contribution is 0.626. The predicted octanol–water partition coefficient (Wildman–Crippen LogP) is 4.26. The zero-order valence-electron chi connectivity index (χ0n) is 10.2. The summed E-state index contributed by atoms with van der Waals surface area (Å²) in [7, 11) is 0. The van der Waals surface area contributed by atoms with Crippen LogP contribution < -0.4 is 5.32 Å². The van der Waals surface area contributed by atoms with Gasteiger partial charge in [-0.2, -0.15) is 0 Å². The predicted molar refractivity (Wildman–Crippen MR) is 74.2 cm³/mol. The van der Waals surface area contributed by atoms with Crippen LogP contribution in [0.1, 0.15) is 12.5 Å². The number of nitrogens with one attached hydrogen (secondary N) is 1. The monoisotopic (exact) mass is 263 g/mol. The van der Waals surface area contributed by atoms with Gasteiger partial charge in [0.25, 0.3) is 0 Å². The normalized spacial score (nSPS) is 10.6. The van der Waals surface area contributed by atoms with Gasteiger partial charge in [0.2, 0.25) is 0 Å². The second kappa shape index (κ2) is 5.98. The van der Waals surface area contributed by atoms with Gasteiger partial charge in [-0.1, -0.05) is 42.8 Å². The molecular formula is C15H15ClFN. The molecule has 0 saturated heterocycles. The van der Waals surface area contributed by atoms with Crippen molar-refractivity contribution >= 4 is 11.6 Å². The van der Waals surface area contributed by atoms with Crippen molar-refractivity contribution in [2.45, 2.75) is 13.5 Å². The Hall–Kier alpha value is -1.38. The van der Waals surface area contributed by atoms with Crippen LogP contribution in [-0.4, -0.2) is 6.54 Å². The van der Waals surface area contributed by atoms with E-state index in [0.29, 0.717) is 11.6 Å². The van der Waals surface area contributed by atoms with Crippen LogP contribution in [0.4, 0.5) is 4.39 Å². The second-order valence-electron chi connectivity index (χ2n) is 4.06. The molecule has 94 valence electrons. The average molecular weight is 264 g/mol. The fraction of sp³-hybridized carbons (Fsp3) is 0.200. The zero-order chi connectivity index (χ0) is 13.0. The van der Waals surface area contributed by atoms with Crippen LogP contribution in [0.25, 0.3) is 11.1 Å². The van der Waals surface area contributed by atoms with Crippen molar-refractivity contribution < 1.29 is 4.39 Å². The van der Waals surface area contributed by atoms with Gasteiger partial charge in [0.05, 0.1) is 0 Å². The first-order chi connectivity index (χ1) is 8.72. The van der Waals surface area contributed by atoms with Gasteiger partial charge >= 0.3 is 0 Å². The Labute approximate surface area is 112 Å². The molecule has 3 heteroatoms. The molecule has 0 unspecified atom stereocenters. The van der Waals surface area contributed by atoms with Crippen LogP contribution in [0.15, 0.2) is 42.5 Å². The molecule has 2 rings (SSSR count). The number of hydrogen-bond donors (Lipinski definition) is 1. The van der Waals surface area contributed by atoms with E-state index in [-0.39, 0.29) is 5.82 Å². The van der Waals surface area contributed by atoms with Crippen LogP contribution in [0.5, 0.6) is 0 Å². The van der Waals surface area contributed by atoms with Crippen LogP contribution in [0.2, 0.25) is 5.02 Å². The molecule has 0 spiro atoms. The molecule has 0 aliphatic heterocycles. The molecular weight excluding hydrogens is 249 g/mol. The van der Waals surface area contributed by atoms with Crippen LogP contribution in [0, 0.1) is 5.82 Å². The summed E-state index contributed by atoms with van der Waals surface area (Å²) in [4.78, 5) is 0. The van der Waals surface area contributed by atoms with Gasteiger partial charge in [-0.25, -0.2) is 4.39 Å². The van der Waals surface area contributed by atoms with Crippen molar-refractivity contribution in [2.75, 3.05) is 6.54 Å². The molecule has 2 aromatic carbocycles. The molecule has 1 nitrogen and oxygen atoms in total. The minimum atomic E-state index is -0.245. The number of benzene rings is 2. The van der Waals surface area contributed by atoms with Gasteiger partial charge in [0.1, 0.15) is 5.82 Å². The third kappa shape index (κ3) is 2.89. The highest BCUT2D eigenvalue weighted by Gasteiger charge is 2.09. The largest absolute Gasteiger partial charge is 0.313 e. The van der Waals surface area contributed by atoms with Crippen molar-refractivity contribution in [3.05, 3.63) is 58.9 Å². The summed E-state index contributed by atoms with van der Waals surface area (Å²) in [5.41, 5.74) is 2.76. The van der Waals surface area contributed by atoms with E-state index in [9.17, 15) is 4.39 Å². The fourth-order valence-corrected chi connectivity index (χ4v) is 2.13. The number of halogens is 2. The summed E-state index contributed by atoms with van der Waals surface area (Å²) < 4.78 is 13.4. The SMILES string of the molecule is CCNCc1ccc(F)cc1-c1ccccc1Cl. The molecule has 1 N–H and O–H groups in total. The Morgan fingerprint density at radius 1 is 1.11 bits per heavy atom. The first kappa shape index (κ1) is 13.1. The fourth-order valence-electron chi connectivity index (χ4n) is 1.89. The number of rotatable bonds is 4. The lowest BCUT2D eigenvalue weighted by Gasteiger charge is -2.11. The molecule has 0 bridgehead atoms. The van der Waals surface area contributed by atoms with Gasteiger partial charge in [-0.15, -0.1) is 0 Å². The molecule has 0 aliphatic rings. The summed E-state index contributed by atoms with van der Waals surface area (Å²) in [5, 5.41) is 3.89. The van der Waals surface area contributed by atoms with Gasteiger partial charge in [-0.05, 0) is 35.9 Å². The van der Waals surface area contributed by atoms with E-state index >= 15 is 0 Å². The molecule has 0 aliphatic carbocycles. The quantitative estimate of drug-likeness (QED) is 0.869. The van der Waals surface area contributed by atoms with Gasteiger partial charge in [0, 0.05) is 17.1 Å². The average Bonchev–Trinajstić information content (AvgIpc) is 2.38. The Kier molecular flexibility index (Phi) is 4.34. The molecule has 0 amide bonds. The smallest absolute Gasteiger partial charge is 0.123 e. The van der Waals surface area contributed by atoms with Gasteiger partial charge in [-0.3, -0.25) is 0 Å². The summed E-state index contributed by atoms with van der Waals surface area (Å²) in [6.45, 7) is 3.62. The van der Waals surface area contributed by atoms with E-state index in [2.05, 4.69) is 5.32 Å². The van der Waals surface area contributed by atoms with Crippen molar-refractivity contribution in [3.63, 3.8) is 0 Å². The van der Waals surface area contributed by atoms with Crippen molar-refractivity contribution in [1.82, 2.24) is 5.32 Å². The Morgan fingerprint density at radius 3 is 2.61 bits per heavy atom. The third-order valence-corrected chi connectivity index (χ3v) is 3.13. The summed E-state index contributed by atoms with van der Waals surface area (Å²) in [6, 6.07) is 12.3. The Bertz CT molecular complexity index is 540. The summed E-state index contributed by atoms with van der Waals surface area (Å²) >= 11 is 6.17. The Balaban J connectivity index is 2.48. The lowest BCUT2D eigenvalue weighted by atomic mass is 9.99. The van der Waals surface area contributed by atoms with Crippen LogP contribution >= 0.6 is 11.6 Å². The number of hydrogen-bond acceptors (Lipinski definition) is 1. The molecule has 18 heavy (non-hydrogen) atoms. The second-order valence-corrected chi connectivity index (χ2v) is 4.47. The van der Waals surface area contributed by atoms with E-state index in [0.717, 1.165) is 23.2 Å². The summed E-state index contributed by atoms with van der Waals surface area (Å²) in [5.74, 6) is -0.245. The molecule has 0 atom stereocenters. The summed E-state index contributed by atoms with van der Waals surface area (Å²) in [6.07, 6.45) is 0. The molecule has 0 heterocycles. The van der Waals surface area contributed by atoms with E-state index in [1.54, 1.807) is 6.07 Å². The molecule has 0 saturated carbocycles. The highest BCUT2D eigenvalue weighted by atomic mass is 35.5. The van der Waals surface area contributed by atoms with Crippen molar-refractivity contribution in [1.29, 1.82) is 0 Å². The highest BCUT2D eigenvalue weighted by Crippen LogP contribution is 2.30. The minimum Gasteiger partial charge on any atom is -0.313 e. The standard InChI is InChI=1S/C15H15ClFN/c1-2-18-10-11-7-8-12(17)9-14(11)13-5-3-4-6-15(13)16/h3-9,18H,2,10H2,1H3. The van der Waals surface area contributed by atoms with Gasteiger partial charge in [0.15, 0.2) is 0 Å². The van der Waals surface area contributed by atoms with E-state index in [1.165, 1.54) is 12.1 Å². The minimum absolute atomic E-state index is 0.245. The highest BCUT2D eigenvalue weighted by molar-refractivity contribution is 6.33. The van der Waals surface area contributed by atoms with Crippen LogP contribution in [-0.2, 0) is 6.54 Å². The zero-order valence-corrected chi connectivity index (χ0v) is 11.0. The topological polar surface area (TPSA) is 12.0 Å². The van der Waals surface area contributed by atoms with Crippen LogP contribution in [0.3, 0.4) is 0 Å². The Morgan fingerprint density at radius 2 is 1.89 bits per heavy atom. The molecule has 2 aromatic rings. The van der Waals surface area contributed by atoms with Crippen molar-refractivity contribution in [2.24, 2.45) is 0 Å². The third-order valence-electron chi connectivity index (χ3n) is 2.80. The molecule has 0 aromatic heterocycles. The maximum Gasteiger partial charge on any atom is 0.123 e. The van der Waals surface area contributed by atoms with Crippen molar-refractivity contribution in [3.8, 4) is 11.1 Å². The van der Waals surface area contributed by atoms with E-state index < -0.39 is 0 Å². The van der Waals surface area contributed by atoms with E-state index in [4.69, 9.17) is 11.6 Å². The molecule has 0 fully saturated rings. The maximum atomic E-state index is 13.4. The van der Waals surface area contributed by atoms with E-state index in [1.807, 2.05) is 31.2 Å². The molecule has 0 radical (unpaired) electrons. The lowest BCUT2D eigenvalue weighted by Crippen LogP contribution is -2.12. The first-order valence-corrected chi connectivity index (χ1v) is 6.34. The van der Waals surface area contributed by atoms with Gasteiger partial charge < -0.3 is 5.32 Å². The maximum absolute atomic E-state index is 13.4. The first-order valence-electron chi connectivity index (χ1n) is 5.96.